The second kappa shape index (κ2) is 5.45. The highest BCUT2D eigenvalue weighted by Gasteiger charge is 2.31. The Bertz CT molecular complexity index is 233. The zero-order valence-electron chi connectivity index (χ0n) is 8.67. The first-order valence-corrected chi connectivity index (χ1v) is 9.06. The fraction of sp³-hybridized carbons (Fsp3) is 1.00. The molecule has 0 bridgehead atoms. The van der Waals surface area contributed by atoms with Gasteiger partial charge >= 0.3 is 0 Å². The highest BCUT2D eigenvalue weighted by atomic mass is 32.9. The van der Waals surface area contributed by atoms with Crippen LogP contribution in [0.25, 0.3) is 0 Å². The molecule has 0 aromatic rings. The van der Waals surface area contributed by atoms with Crippen LogP contribution in [0.2, 0.25) is 0 Å². The van der Waals surface area contributed by atoms with Gasteiger partial charge in [-0.05, 0) is 0 Å². The first kappa shape index (κ1) is 12.3. The van der Waals surface area contributed by atoms with Gasteiger partial charge in [-0.15, -0.1) is 12.2 Å². The van der Waals surface area contributed by atoms with Gasteiger partial charge in [-0.2, -0.15) is 0 Å². The van der Waals surface area contributed by atoms with Crippen molar-refractivity contribution in [3.63, 3.8) is 0 Å². The highest BCUT2D eigenvalue weighted by Crippen LogP contribution is 2.58. The van der Waals surface area contributed by atoms with E-state index in [0.717, 1.165) is 52.6 Å². The molecule has 0 aliphatic carbocycles. The van der Waals surface area contributed by atoms with Crippen molar-refractivity contribution in [2.45, 2.75) is 0 Å². The number of nitrogens with zero attached hydrogens (tertiary/aromatic N) is 2. The van der Waals surface area contributed by atoms with Gasteiger partial charge in [0.05, 0.1) is 26.4 Å². The molecule has 2 rings (SSSR count). The summed E-state index contributed by atoms with van der Waals surface area (Å²) in [5.41, 5.74) is -1.81. The van der Waals surface area contributed by atoms with E-state index in [4.69, 9.17) is 33.5 Å². The second-order valence-electron chi connectivity index (χ2n) is 3.65. The van der Waals surface area contributed by atoms with Crippen molar-refractivity contribution in [2.75, 3.05) is 52.6 Å². The fourth-order valence-electron chi connectivity index (χ4n) is 1.81. The third-order valence-corrected chi connectivity index (χ3v) is 7.89. The summed E-state index contributed by atoms with van der Waals surface area (Å²) in [7, 11) is 0. The van der Waals surface area contributed by atoms with Gasteiger partial charge in [0, 0.05) is 26.2 Å². The molecule has 0 amide bonds. The van der Waals surface area contributed by atoms with Crippen LogP contribution >= 0.6 is 17.8 Å². The van der Waals surface area contributed by atoms with Crippen LogP contribution in [0, 0.1) is 0 Å². The number of rotatable bonds is 2. The van der Waals surface area contributed by atoms with E-state index in [2.05, 4.69) is 9.34 Å². The first-order valence-electron chi connectivity index (χ1n) is 5.20. The van der Waals surface area contributed by atoms with Crippen LogP contribution in [0.3, 0.4) is 0 Å². The zero-order valence-corrected chi connectivity index (χ0v) is 11.3. The lowest BCUT2D eigenvalue weighted by atomic mass is 10.5. The zero-order chi connectivity index (χ0) is 10.7. The first-order chi connectivity index (χ1) is 7.21. The normalized spacial score (nSPS) is 26.7. The van der Waals surface area contributed by atoms with Gasteiger partial charge in [0.1, 0.15) is 5.54 Å². The van der Waals surface area contributed by atoms with Crippen LogP contribution in [0.1, 0.15) is 0 Å². The van der Waals surface area contributed by atoms with E-state index in [-0.39, 0.29) is 0 Å². The topological polar surface area (TPSA) is 24.9 Å². The monoisotopic (exact) mass is 268 g/mol. The van der Waals surface area contributed by atoms with Gasteiger partial charge in [0.2, 0.25) is 0 Å². The molecular weight excluding hydrogens is 251 g/mol. The van der Waals surface area contributed by atoms with E-state index in [1.165, 1.54) is 0 Å². The molecule has 2 aliphatic rings. The van der Waals surface area contributed by atoms with E-state index < -0.39 is 5.54 Å². The van der Waals surface area contributed by atoms with Crippen LogP contribution in [-0.4, -0.2) is 61.9 Å². The van der Waals surface area contributed by atoms with Crippen molar-refractivity contribution in [2.24, 2.45) is 0 Å². The van der Waals surface area contributed by atoms with Crippen LogP contribution in [0.4, 0.5) is 0 Å². The number of hydrogen-bond acceptors (Lipinski definition) is 3. The van der Waals surface area contributed by atoms with Crippen LogP contribution in [0.5, 0.6) is 0 Å². The van der Waals surface area contributed by atoms with Gasteiger partial charge in [-0.1, -0.05) is 11.8 Å². The average molecular weight is 268 g/mol. The Hall–Kier alpha value is 0.840. The Morgan fingerprint density at radius 3 is 1.53 bits per heavy atom. The van der Waals surface area contributed by atoms with E-state index in [9.17, 15) is 0 Å². The third-order valence-electron chi connectivity index (χ3n) is 2.71. The lowest BCUT2D eigenvalue weighted by Crippen LogP contribution is -2.41. The van der Waals surface area contributed by atoms with Gasteiger partial charge in [0.15, 0.2) is 0 Å². The molecule has 0 N–H and O–H groups in total. The van der Waals surface area contributed by atoms with Crippen LogP contribution in [0.15, 0.2) is 0 Å². The van der Waals surface area contributed by atoms with Crippen LogP contribution in [-0.2, 0) is 21.3 Å². The summed E-state index contributed by atoms with van der Waals surface area (Å²) in [6.07, 6.45) is 0. The van der Waals surface area contributed by atoms with Crippen molar-refractivity contribution in [3.8, 4) is 0 Å². The SMILES string of the molecule is S=P(S)(N1CCOCC1)N1CCOCC1. The lowest BCUT2D eigenvalue weighted by Gasteiger charge is -2.42. The lowest BCUT2D eigenvalue weighted by molar-refractivity contribution is 0.0598. The van der Waals surface area contributed by atoms with Crippen molar-refractivity contribution >= 4 is 29.6 Å². The maximum atomic E-state index is 5.70. The molecule has 2 heterocycles. The van der Waals surface area contributed by atoms with E-state index in [1.807, 2.05) is 0 Å². The van der Waals surface area contributed by atoms with E-state index in [0.29, 0.717) is 0 Å². The molecule has 0 saturated carbocycles. The maximum Gasteiger partial charge on any atom is 0.129 e. The Kier molecular flexibility index (Phi) is 4.47. The van der Waals surface area contributed by atoms with Crippen molar-refractivity contribution in [3.05, 3.63) is 0 Å². The van der Waals surface area contributed by atoms with Crippen LogP contribution < -0.4 is 0 Å². The molecule has 88 valence electrons. The molecule has 0 atom stereocenters. The Balaban J connectivity index is 1.99. The molecule has 0 aromatic heterocycles. The third kappa shape index (κ3) is 2.94. The minimum absolute atomic E-state index is 0.781. The highest BCUT2D eigenvalue weighted by molar-refractivity contribution is 8.61. The smallest absolute Gasteiger partial charge is 0.129 e. The summed E-state index contributed by atoms with van der Waals surface area (Å²) < 4.78 is 15.3. The fourth-order valence-corrected chi connectivity index (χ4v) is 5.59. The second-order valence-corrected chi connectivity index (χ2v) is 9.82. The molecule has 0 aromatic carbocycles. The molecule has 2 aliphatic heterocycles. The molecule has 7 heteroatoms. The van der Waals surface area contributed by atoms with Gasteiger partial charge in [-0.3, -0.25) is 9.34 Å². The molecule has 0 radical (unpaired) electrons. The van der Waals surface area contributed by atoms with Crippen molar-refractivity contribution in [1.82, 2.24) is 9.34 Å². The van der Waals surface area contributed by atoms with Gasteiger partial charge < -0.3 is 9.47 Å². The molecule has 2 saturated heterocycles. The number of thiol groups is 1. The minimum Gasteiger partial charge on any atom is -0.379 e. The summed E-state index contributed by atoms with van der Waals surface area (Å²) in [6.45, 7) is 6.78. The summed E-state index contributed by atoms with van der Waals surface area (Å²) in [6, 6.07) is 0. The number of ether oxygens (including phenoxy) is 2. The predicted molar refractivity (Wildman–Crippen MR) is 68.1 cm³/mol. The van der Waals surface area contributed by atoms with Crippen molar-refractivity contribution in [1.29, 1.82) is 0 Å². The molecular formula is C8H17N2O2PS2. The number of hydrogen-bond donors (Lipinski definition) is 1. The number of morpholine rings is 2. The largest absolute Gasteiger partial charge is 0.379 e. The molecule has 0 spiro atoms. The molecule has 2 fully saturated rings. The summed E-state index contributed by atoms with van der Waals surface area (Å²) >= 11 is 10.4. The molecule has 15 heavy (non-hydrogen) atoms. The van der Waals surface area contributed by atoms with E-state index in [1.54, 1.807) is 0 Å². The molecule has 4 nitrogen and oxygen atoms in total. The summed E-state index contributed by atoms with van der Waals surface area (Å²) in [5.74, 6) is 0. The van der Waals surface area contributed by atoms with Gasteiger partial charge in [-0.25, -0.2) is 0 Å². The Morgan fingerprint density at radius 1 is 0.867 bits per heavy atom. The minimum atomic E-state index is -1.81. The standard InChI is InChI=1S/C8H17N2O2PS2/c14-13(15,9-1-5-11-6-2-9)10-3-7-12-8-4-10/h1-8H2,(H,14,15). The Labute approximate surface area is 101 Å². The van der Waals surface area contributed by atoms with Crippen molar-refractivity contribution < 1.29 is 9.47 Å². The quantitative estimate of drug-likeness (QED) is 0.590. The Morgan fingerprint density at radius 2 is 1.20 bits per heavy atom. The predicted octanol–water partition coefficient (Wildman–Crippen LogP) is 0.805. The molecule has 0 unspecified atom stereocenters. The van der Waals surface area contributed by atoms with E-state index >= 15 is 0 Å². The maximum absolute atomic E-state index is 5.70. The summed E-state index contributed by atoms with van der Waals surface area (Å²) in [4.78, 5) is 0. The average Bonchev–Trinajstić information content (AvgIpc) is 2.31. The summed E-state index contributed by atoms with van der Waals surface area (Å²) in [5, 5.41) is 0. The van der Waals surface area contributed by atoms with Gasteiger partial charge in [0.25, 0.3) is 0 Å².